The van der Waals surface area contributed by atoms with E-state index in [1.165, 1.54) is 12.7 Å². The molecule has 1 amide bonds. The second-order valence-electron chi connectivity index (χ2n) is 6.58. The van der Waals surface area contributed by atoms with E-state index < -0.39 is 5.97 Å². The number of carbonyl (C=O) groups is 2. The van der Waals surface area contributed by atoms with Crippen LogP contribution in [0.25, 0.3) is 6.08 Å². The minimum Gasteiger partial charge on any atom is -0.465 e. The van der Waals surface area contributed by atoms with Crippen molar-refractivity contribution in [1.29, 1.82) is 0 Å². The number of aryl methyl sites for hydroxylation is 2. The maximum absolute atomic E-state index is 13.2. The molecule has 138 valence electrons. The summed E-state index contributed by atoms with van der Waals surface area (Å²) in [7, 11) is 1.33. The Morgan fingerprint density at radius 2 is 1.81 bits per heavy atom. The average Bonchev–Trinajstić information content (AvgIpc) is 2.91. The number of anilines is 1. The lowest BCUT2D eigenvalue weighted by Gasteiger charge is -2.18. The molecule has 0 N–H and O–H groups in total. The highest BCUT2D eigenvalue weighted by molar-refractivity contribution is 6.23. The maximum atomic E-state index is 13.2. The molecule has 1 aliphatic rings. The van der Waals surface area contributed by atoms with Gasteiger partial charge in [-0.15, -0.1) is 0 Å². The predicted molar refractivity (Wildman–Crippen MR) is 107 cm³/mol. The lowest BCUT2D eigenvalue weighted by atomic mass is 10.0. The van der Waals surface area contributed by atoms with Crippen molar-refractivity contribution in [2.45, 2.75) is 27.2 Å². The van der Waals surface area contributed by atoms with Crippen molar-refractivity contribution in [2.24, 2.45) is 0 Å². The molecule has 0 spiro atoms. The van der Waals surface area contributed by atoms with Gasteiger partial charge in [0, 0.05) is 11.4 Å². The molecule has 4 heteroatoms. The zero-order chi connectivity index (χ0) is 19.6. The van der Waals surface area contributed by atoms with Crippen LogP contribution in [-0.2, 0) is 20.7 Å². The van der Waals surface area contributed by atoms with Crippen LogP contribution in [0.4, 0.5) is 5.69 Å². The third-order valence-corrected chi connectivity index (χ3v) is 4.75. The first kappa shape index (κ1) is 18.6. The fourth-order valence-electron chi connectivity index (χ4n) is 3.30. The maximum Gasteiger partial charge on any atom is 0.340 e. The van der Waals surface area contributed by atoms with Crippen LogP contribution in [0.2, 0.25) is 0 Å². The Hall–Kier alpha value is -3.14. The van der Waals surface area contributed by atoms with Gasteiger partial charge in [-0.2, -0.15) is 0 Å². The monoisotopic (exact) mass is 361 g/mol. The largest absolute Gasteiger partial charge is 0.465 e. The summed E-state index contributed by atoms with van der Waals surface area (Å²) in [5.74, 6) is -0.730. The first-order valence-electron chi connectivity index (χ1n) is 8.97. The van der Waals surface area contributed by atoms with E-state index in [1.54, 1.807) is 17.9 Å². The molecular weight excluding hydrogens is 338 g/mol. The number of methoxy groups -OCH3 is 1. The van der Waals surface area contributed by atoms with Crippen LogP contribution in [0.1, 0.15) is 30.5 Å². The average molecular weight is 361 g/mol. The van der Waals surface area contributed by atoms with E-state index in [1.807, 2.05) is 55.5 Å². The van der Waals surface area contributed by atoms with Crippen LogP contribution in [0.15, 0.2) is 65.4 Å². The summed E-state index contributed by atoms with van der Waals surface area (Å²) in [6, 6.07) is 15.6. The number of nitrogens with zero attached hydrogens (tertiary/aromatic N) is 1. The van der Waals surface area contributed by atoms with Crippen LogP contribution in [-0.4, -0.2) is 19.0 Å². The van der Waals surface area contributed by atoms with Crippen molar-refractivity contribution in [3.05, 3.63) is 82.1 Å². The third-order valence-electron chi connectivity index (χ3n) is 4.75. The molecule has 3 rings (SSSR count). The minimum absolute atomic E-state index is 0.223. The third kappa shape index (κ3) is 3.56. The van der Waals surface area contributed by atoms with Crippen molar-refractivity contribution in [3.63, 3.8) is 0 Å². The molecule has 0 aliphatic carbocycles. The van der Waals surface area contributed by atoms with Crippen molar-refractivity contribution in [2.75, 3.05) is 12.0 Å². The number of hydrogen-bond donors (Lipinski definition) is 0. The Labute approximate surface area is 159 Å². The molecule has 1 aliphatic heterocycles. The molecular formula is C23H23NO3. The topological polar surface area (TPSA) is 46.6 Å². The van der Waals surface area contributed by atoms with E-state index in [2.05, 4.69) is 6.92 Å². The molecule has 0 fully saturated rings. The molecule has 27 heavy (non-hydrogen) atoms. The second kappa shape index (κ2) is 7.62. The van der Waals surface area contributed by atoms with E-state index >= 15 is 0 Å². The first-order chi connectivity index (χ1) is 13.0. The molecule has 0 atom stereocenters. The summed E-state index contributed by atoms with van der Waals surface area (Å²) in [5.41, 5.74) is 5.13. The Morgan fingerprint density at radius 3 is 2.41 bits per heavy atom. The first-order valence-corrected chi connectivity index (χ1v) is 8.97. The zero-order valence-electron chi connectivity index (χ0n) is 16.1. The number of amides is 1. The predicted octanol–water partition coefficient (Wildman–Crippen LogP) is 4.43. The quantitative estimate of drug-likeness (QED) is 0.598. The summed E-state index contributed by atoms with van der Waals surface area (Å²) in [6.45, 7) is 5.84. The van der Waals surface area contributed by atoms with E-state index in [4.69, 9.17) is 4.74 Å². The highest BCUT2D eigenvalue weighted by atomic mass is 16.5. The molecule has 2 aromatic rings. The van der Waals surface area contributed by atoms with Gasteiger partial charge in [-0.05, 0) is 49.6 Å². The number of rotatable bonds is 4. The number of ether oxygens (including phenoxy) is 1. The van der Waals surface area contributed by atoms with Gasteiger partial charge in [-0.3, -0.25) is 9.69 Å². The van der Waals surface area contributed by atoms with Gasteiger partial charge in [-0.1, -0.05) is 48.9 Å². The van der Waals surface area contributed by atoms with Crippen molar-refractivity contribution >= 4 is 23.6 Å². The lowest BCUT2D eigenvalue weighted by Crippen LogP contribution is -2.24. The van der Waals surface area contributed by atoms with Crippen LogP contribution in [0, 0.1) is 6.92 Å². The number of carbonyl (C=O) groups excluding carboxylic acids is 2. The Morgan fingerprint density at radius 1 is 1.11 bits per heavy atom. The summed E-state index contributed by atoms with van der Waals surface area (Å²) in [5, 5.41) is 0. The van der Waals surface area contributed by atoms with Crippen molar-refractivity contribution in [1.82, 2.24) is 0 Å². The number of benzene rings is 2. The standard InChI is InChI=1S/C23H23NO3/c1-5-17-9-11-19(12-10-17)24-16(3)21(23(26)27-4)20(22(24)25)14-18-8-6-7-15(2)13-18/h6-14H,5H2,1-4H3/b20-14-. The van der Waals surface area contributed by atoms with Crippen LogP contribution in [0.5, 0.6) is 0 Å². The molecule has 4 nitrogen and oxygen atoms in total. The van der Waals surface area contributed by atoms with Gasteiger partial charge in [0.05, 0.1) is 18.3 Å². The lowest BCUT2D eigenvalue weighted by molar-refractivity contribution is -0.136. The molecule has 1 heterocycles. The minimum atomic E-state index is -0.507. The van der Waals surface area contributed by atoms with Gasteiger partial charge in [0.15, 0.2) is 0 Å². The molecule has 2 aromatic carbocycles. The number of hydrogen-bond acceptors (Lipinski definition) is 3. The van der Waals surface area contributed by atoms with Crippen LogP contribution < -0.4 is 4.90 Å². The van der Waals surface area contributed by atoms with Gasteiger partial charge in [-0.25, -0.2) is 4.79 Å². The fraction of sp³-hybridized carbons (Fsp3) is 0.217. The van der Waals surface area contributed by atoms with Gasteiger partial charge in [0.1, 0.15) is 0 Å². The highest BCUT2D eigenvalue weighted by Crippen LogP contribution is 2.35. The van der Waals surface area contributed by atoms with E-state index in [-0.39, 0.29) is 5.91 Å². The number of allylic oxidation sites excluding steroid dienone is 1. The molecule has 0 aromatic heterocycles. The second-order valence-corrected chi connectivity index (χ2v) is 6.58. The fourth-order valence-corrected chi connectivity index (χ4v) is 3.30. The smallest absolute Gasteiger partial charge is 0.340 e. The van der Waals surface area contributed by atoms with Crippen LogP contribution >= 0.6 is 0 Å². The molecule has 0 radical (unpaired) electrons. The zero-order valence-corrected chi connectivity index (χ0v) is 16.1. The van der Waals surface area contributed by atoms with Gasteiger partial charge in [0.2, 0.25) is 0 Å². The SMILES string of the molecule is CCc1ccc(N2C(=O)/C(=C\c3cccc(C)c3)C(C(=O)OC)=C2C)cc1. The van der Waals surface area contributed by atoms with Gasteiger partial charge < -0.3 is 4.74 Å². The molecule has 0 unspecified atom stereocenters. The summed E-state index contributed by atoms with van der Waals surface area (Å²) in [6.07, 6.45) is 2.68. The van der Waals surface area contributed by atoms with Gasteiger partial charge in [0.25, 0.3) is 5.91 Å². The highest BCUT2D eigenvalue weighted by Gasteiger charge is 2.37. The summed E-state index contributed by atoms with van der Waals surface area (Å²) >= 11 is 0. The Kier molecular flexibility index (Phi) is 5.26. The van der Waals surface area contributed by atoms with E-state index in [0.29, 0.717) is 16.8 Å². The summed E-state index contributed by atoms with van der Waals surface area (Å²) < 4.78 is 4.95. The van der Waals surface area contributed by atoms with Crippen molar-refractivity contribution in [3.8, 4) is 0 Å². The molecule has 0 saturated heterocycles. The van der Waals surface area contributed by atoms with E-state index in [0.717, 1.165) is 23.2 Å². The molecule has 0 saturated carbocycles. The van der Waals surface area contributed by atoms with Gasteiger partial charge >= 0.3 is 5.97 Å². The normalized spacial score (nSPS) is 15.6. The number of esters is 1. The van der Waals surface area contributed by atoms with Crippen molar-refractivity contribution < 1.29 is 14.3 Å². The Bertz CT molecular complexity index is 952. The van der Waals surface area contributed by atoms with Crippen LogP contribution in [0.3, 0.4) is 0 Å². The van der Waals surface area contributed by atoms with E-state index in [9.17, 15) is 9.59 Å². The summed E-state index contributed by atoms with van der Waals surface area (Å²) in [4.78, 5) is 27.2. The molecule has 0 bridgehead atoms. The Balaban J connectivity index is 2.11.